The van der Waals surface area contributed by atoms with Gasteiger partial charge in [-0.05, 0) is 80.2 Å². The maximum absolute atomic E-state index is 13.7. The molecule has 0 fully saturated rings. The summed E-state index contributed by atoms with van der Waals surface area (Å²) in [4.78, 5) is 78.2. The quantitative estimate of drug-likeness (QED) is 0.0727. The number of amides is 5. The average Bonchev–Trinajstić information content (AvgIpc) is 3.10. The number of phenolic OH excluding ortho intramolecular Hbond substituents is 1. The van der Waals surface area contributed by atoms with E-state index in [4.69, 9.17) is 11.5 Å². The van der Waals surface area contributed by atoms with Gasteiger partial charge < -0.3 is 48.3 Å². The predicted molar refractivity (Wildman–Crippen MR) is 200 cm³/mol. The van der Waals surface area contributed by atoms with Gasteiger partial charge in [0.2, 0.25) is 29.5 Å². The number of phenols is 1. The molecule has 0 heterocycles. The number of nitrogens with two attached hydrogens (primary N) is 2. The first-order chi connectivity index (χ1) is 25.1. The van der Waals surface area contributed by atoms with Crippen molar-refractivity contribution in [2.24, 2.45) is 23.3 Å². The Morgan fingerprint density at radius 1 is 0.642 bits per heavy atom. The first kappa shape index (κ1) is 44.1. The zero-order valence-electron chi connectivity index (χ0n) is 31.1. The van der Waals surface area contributed by atoms with Crippen molar-refractivity contribution in [3.63, 3.8) is 0 Å². The van der Waals surface area contributed by atoms with E-state index < -0.39 is 72.3 Å². The Bertz CT molecular complexity index is 1490. The van der Waals surface area contributed by atoms with Crippen molar-refractivity contribution >= 4 is 35.5 Å². The fourth-order valence-electron chi connectivity index (χ4n) is 5.56. The summed E-state index contributed by atoms with van der Waals surface area (Å²) in [6.07, 6.45) is 1.95. The third-order valence-corrected chi connectivity index (χ3v) is 8.33. The smallest absolute Gasteiger partial charge is 0.326 e. The number of hydrogen-bond donors (Lipinski definition) is 9. The van der Waals surface area contributed by atoms with Crippen LogP contribution in [0.15, 0.2) is 54.6 Å². The number of benzene rings is 2. The molecule has 0 aliphatic heterocycles. The number of carbonyl (C=O) groups excluding carboxylic acids is 5. The second-order valence-corrected chi connectivity index (χ2v) is 14.1. The Hall–Kier alpha value is -5.02. The topological polar surface area (TPSA) is 255 Å². The largest absolute Gasteiger partial charge is 0.508 e. The highest BCUT2D eigenvalue weighted by Gasteiger charge is 2.31. The molecule has 0 unspecified atom stereocenters. The van der Waals surface area contributed by atoms with Crippen LogP contribution in [0.1, 0.15) is 70.9 Å². The van der Waals surface area contributed by atoms with E-state index in [1.54, 1.807) is 0 Å². The molecular weight excluding hydrogens is 682 g/mol. The maximum atomic E-state index is 13.7. The molecule has 2 aromatic rings. The summed E-state index contributed by atoms with van der Waals surface area (Å²) in [6, 6.07) is 9.80. The second-order valence-electron chi connectivity index (χ2n) is 14.1. The zero-order valence-corrected chi connectivity index (χ0v) is 31.1. The lowest BCUT2D eigenvalue weighted by Crippen LogP contribution is -2.58. The molecule has 292 valence electrons. The summed E-state index contributed by atoms with van der Waals surface area (Å²) in [5.74, 6) is -4.44. The van der Waals surface area contributed by atoms with Gasteiger partial charge in [0.1, 0.15) is 29.9 Å². The minimum Gasteiger partial charge on any atom is -0.508 e. The zero-order chi connectivity index (χ0) is 39.5. The van der Waals surface area contributed by atoms with Gasteiger partial charge in [-0.15, -0.1) is 0 Å². The second kappa shape index (κ2) is 22.8. The Labute approximate surface area is 311 Å². The number of aliphatic carboxylic acids is 1. The van der Waals surface area contributed by atoms with Gasteiger partial charge in [-0.3, -0.25) is 24.0 Å². The van der Waals surface area contributed by atoms with Crippen molar-refractivity contribution < 1.29 is 39.0 Å². The van der Waals surface area contributed by atoms with Crippen molar-refractivity contribution in [1.29, 1.82) is 0 Å². The molecule has 0 radical (unpaired) electrons. The van der Waals surface area contributed by atoms with E-state index in [1.165, 1.54) is 24.3 Å². The van der Waals surface area contributed by atoms with Crippen LogP contribution in [0.5, 0.6) is 5.75 Å². The molecule has 0 aromatic heterocycles. The number of nitrogens with one attached hydrogen (secondary N) is 5. The highest BCUT2D eigenvalue weighted by atomic mass is 16.4. The number of rotatable bonds is 23. The molecule has 5 amide bonds. The van der Waals surface area contributed by atoms with Gasteiger partial charge in [-0.1, -0.05) is 70.2 Å². The first-order valence-corrected chi connectivity index (χ1v) is 18.1. The van der Waals surface area contributed by atoms with Crippen LogP contribution in [0.3, 0.4) is 0 Å². The minimum absolute atomic E-state index is 0.0116. The van der Waals surface area contributed by atoms with Crippen LogP contribution < -0.4 is 38.1 Å². The van der Waals surface area contributed by atoms with Gasteiger partial charge >= 0.3 is 5.97 Å². The molecule has 15 nitrogen and oxygen atoms in total. The molecule has 0 bridgehead atoms. The normalized spacial score (nSPS) is 14.0. The fraction of sp³-hybridized carbons (Fsp3) is 0.526. The molecule has 53 heavy (non-hydrogen) atoms. The van der Waals surface area contributed by atoms with Crippen molar-refractivity contribution in [1.82, 2.24) is 26.6 Å². The molecule has 15 heteroatoms. The molecule has 11 N–H and O–H groups in total. The van der Waals surface area contributed by atoms with E-state index >= 15 is 0 Å². The van der Waals surface area contributed by atoms with E-state index in [0.717, 1.165) is 5.56 Å². The van der Waals surface area contributed by atoms with Crippen LogP contribution in [-0.2, 0) is 41.6 Å². The van der Waals surface area contributed by atoms with E-state index in [1.807, 2.05) is 58.0 Å². The van der Waals surface area contributed by atoms with Crippen molar-refractivity contribution in [3.8, 4) is 5.75 Å². The van der Waals surface area contributed by atoms with Gasteiger partial charge in [0.15, 0.2) is 0 Å². The summed E-state index contributed by atoms with van der Waals surface area (Å²) < 4.78 is 0. The number of aromatic hydroxyl groups is 1. The molecule has 0 aliphatic carbocycles. The third kappa shape index (κ3) is 16.9. The van der Waals surface area contributed by atoms with Crippen LogP contribution in [0.4, 0.5) is 0 Å². The van der Waals surface area contributed by atoms with Gasteiger partial charge in [-0.25, -0.2) is 4.79 Å². The molecule has 0 spiro atoms. The van der Waals surface area contributed by atoms with Crippen molar-refractivity contribution in [2.75, 3.05) is 13.1 Å². The average molecular weight is 740 g/mol. The number of carboxylic acid groups (broad SMARTS) is 1. The number of hydrogen-bond acceptors (Lipinski definition) is 9. The first-order valence-electron chi connectivity index (χ1n) is 18.1. The molecule has 5 atom stereocenters. The van der Waals surface area contributed by atoms with Crippen molar-refractivity contribution in [3.05, 3.63) is 65.7 Å². The molecular formula is C38H57N7O8. The van der Waals surface area contributed by atoms with E-state index in [0.29, 0.717) is 24.9 Å². The number of unbranched alkanes of at least 4 members (excludes halogenated alkanes) is 1. The fourth-order valence-corrected chi connectivity index (χ4v) is 5.56. The SMILES string of the molecule is CC(C)C[C@H](NC(=O)[C@H](CC(C)C)NC(=O)[C@@H](N)Cc1ccccc1)C(=O)N[C@@H](CCCCN)C(=O)NCC(=O)N[C@@H](Cc1ccc(O)cc1)C(=O)O. The Kier molecular flexibility index (Phi) is 19.0. The summed E-state index contributed by atoms with van der Waals surface area (Å²) in [6.45, 7) is 7.34. The highest BCUT2D eigenvalue weighted by molar-refractivity contribution is 5.95. The maximum Gasteiger partial charge on any atom is 0.326 e. The summed E-state index contributed by atoms with van der Waals surface area (Å²) in [7, 11) is 0. The summed E-state index contributed by atoms with van der Waals surface area (Å²) in [5, 5.41) is 32.2. The Morgan fingerprint density at radius 3 is 1.70 bits per heavy atom. The van der Waals surface area contributed by atoms with Gasteiger partial charge in [0, 0.05) is 6.42 Å². The molecule has 0 aliphatic rings. The standard InChI is InChI=1S/C38H57N7O8/c1-23(2)18-30(44-34(48)28(40)20-25-10-6-5-7-11-25)37(51)45-31(19-24(3)4)36(50)43-29(12-8-9-17-39)35(49)41-22-33(47)42-32(38(52)53)21-26-13-15-27(46)16-14-26/h5-7,10-11,13-16,23-24,28-32,46H,8-9,12,17-22,39-40H2,1-4H3,(H,41,49)(H,42,47)(H,43,50)(H,44,48)(H,45,51)(H,52,53)/t28-,29-,30-,31-,32-/m0/s1. The molecule has 2 aromatic carbocycles. The lowest BCUT2D eigenvalue weighted by molar-refractivity contribution is -0.141. The van der Waals surface area contributed by atoms with Crippen LogP contribution in [0.2, 0.25) is 0 Å². The van der Waals surface area contributed by atoms with E-state index in [2.05, 4.69) is 26.6 Å². The number of carboxylic acids is 1. The summed E-state index contributed by atoms with van der Waals surface area (Å²) >= 11 is 0. The molecule has 2 rings (SSSR count). The minimum atomic E-state index is -1.30. The van der Waals surface area contributed by atoms with Gasteiger partial charge in [-0.2, -0.15) is 0 Å². The molecule has 0 saturated carbocycles. The van der Waals surface area contributed by atoms with Gasteiger partial charge in [0.05, 0.1) is 12.6 Å². The van der Waals surface area contributed by atoms with E-state index in [-0.39, 0.29) is 49.7 Å². The predicted octanol–water partition coefficient (Wildman–Crippen LogP) is 0.866. The van der Waals surface area contributed by atoms with Crippen molar-refractivity contribution in [2.45, 2.75) is 103 Å². The van der Waals surface area contributed by atoms with Crippen LogP contribution in [-0.4, -0.2) is 89.0 Å². The number of carbonyl (C=O) groups is 6. The van der Waals surface area contributed by atoms with Crippen LogP contribution in [0.25, 0.3) is 0 Å². The Balaban J connectivity index is 2.12. The monoisotopic (exact) mass is 739 g/mol. The van der Waals surface area contributed by atoms with E-state index in [9.17, 15) is 39.0 Å². The molecule has 0 saturated heterocycles. The lowest BCUT2D eigenvalue weighted by Gasteiger charge is -2.27. The highest BCUT2D eigenvalue weighted by Crippen LogP contribution is 2.13. The third-order valence-electron chi connectivity index (χ3n) is 8.33. The summed E-state index contributed by atoms with van der Waals surface area (Å²) in [5.41, 5.74) is 13.3. The lowest BCUT2D eigenvalue weighted by atomic mass is 9.99. The van der Waals surface area contributed by atoms with Crippen LogP contribution >= 0.6 is 0 Å². The van der Waals surface area contributed by atoms with Gasteiger partial charge in [0.25, 0.3) is 0 Å². The van der Waals surface area contributed by atoms with Crippen LogP contribution in [0, 0.1) is 11.8 Å². The Morgan fingerprint density at radius 2 is 1.17 bits per heavy atom.